The molecule has 0 N–H and O–H groups in total. The predicted octanol–water partition coefficient (Wildman–Crippen LogP) is 2.69. The summed E-state index contributed by atoms with van der Waals surface area (Å²) in [4.78, 5) is 2.53. The first-order valence-corrected chi connectivity index (χ1v) is 6.76. The Morgan fingerprint density at radius 1 is 1.24 bits per heavy atom. The van der Waals surface area contributed by atoms with Gasteiger partial charge in [-0.1, -0.05) is 0 Å². The first-order valence-electron chi connectivity index (χ1n) is 6.76. The van der Waals surface area contributed by atoms with Crippen LogP contribution in [0.1, 0.15) is 47.5 Å². The summed E-state index contributed by atoms with van der Waals surface area (Å²) in [7, 11) is 1.77. The SMILES string of the molecule is COCCN(C(C)C)C1CC(OC(C)(C)C)C1. The molecular weight excluding hydrogens is 214 g/mol. The zero-order valence-corrected chi connectivity index (χ0v) is 12.3. The highest BCUT2D eigenvalue weighted by atomic mass is 16.5. The van der Waals surface area contributed by atoms with Gasteiger partial charge in [-0.05, 0) is 47.5 Å². The summed E-state index contributed by atoms with van der Waals surface area (Å²) in [6.45, 7) is 12.8. The molecule has 0 spiro atoms. The molecule has 3 nitrogen and oxygen atoms in total. The van der Waals surface area contributed by atoms with Crippen molar-refractivity contribution in [3.8, 4) is 0 Å². The third kappa shape index (κ3) is 4.94. The second-order valence-corrected chi connectivity index (χ2v) is 6.30. The maximum atomic E-state index is 5.98. The zero-order valence-electron chi connectivity index (χ0n) is 12.3. The first kappa shape index (κ1) is 14.9. The molecule has 0 unspecified atom stereocenters. The number of ether oxygens (including phenoxy) is 2. The molecule has 1 saturated carbocycles. The van der Waals surface area contributed by atoms with Crippen LogP contribution < -0.4 is 0 Å². The standard InChI is InChI=1S/C14H29NO2/c1-11(2)15(7-8-16-6)12-9-13(10-12)17-14(3,4)5/h11-13H,7-10H2,1-6H3. The van der Waals surface area contributed by atoms with Gasteiger partial charge in [-0.15, -0.1) is 0 Å². The average Bonchev–Trinajstić information content (AvgIpc) is 2.11. The number of methoxy groups -OCH3 is 1. The van der Waals surface area contributed by atoms with E-state index >= 15 is 0 Å². The van der Waals surface area contributed by atoms with Crippen LogP contribution in [0.2, 0.25) is 0 Å². The van der Waals surface area contributed by atoms with E-state index in [1.807, 2.05) is 0 Å². The molecule has 0 saturated heterocycles. The second-order valence-electron chi connectivity index (χ2n) is 6.30. The van der Waals surface area contributed by atoms with Crippen LogP contribution in [0.3, 0.4) is 0 Å². The van der Waals surface area contributed by atoms with E-state index in [4.69, 9.17) is 9.47 Å². The molecule has 0 aromatic heterocycles. The van der Waals surface area contributed by atoms with Crippen molar-refractivity contribution < 1.29 is 9.47 Å². The third-order valence-electron chi connectivity index (χ3n) is 3.28. The van der Waals surface area contributed by atoms with Gasteiger partial charge in [0.1, 0.15) is 0 Å². The minimum atomic E-state index is -0.00910. The Bertz CT molecular complexity index is 217. The van der Waals surface area contributed by atoms with Crippen molar-refractivity contribution in [2.45, 2.75) is 71.2 Å². The maximum absolute atomic E-state index is 5.98. The van der Waals surface area contributed by atoms with Crippen LogP contribution in [-0.2, 0) is 9.47 Å². The monoisotopic (exact) mass is 243 g/mol. The highest BCUT2D eigenvalue weighted by molar-refractivity contribution is 4.90. The van der Waals surface area contributed by atoms with Crippen LogP contribution in [0.4, 0.5) is 0 Å². The van der Waals surface area contributed by atoms with Gasteiger partial charge in [-0.3, -0.25) is 4.90 Å². The molecule has 0 atom stereocenters. The van der Waals surface area contributed by atoms with Crippen molar-refractivity contribution in [2.24, 2.45) is 0 Å². The molecule has 1 fully saturated rings. The molecule has 0 aromatic rings. The van der Waals surface area contributed by atoms with Crippen molar-refractivity contribution in [3.63, 3.8) is 0 Å². The lowest BCUT2D eigenvalue weighted by molar-refractivity contribution is -0.125. The van der Waals surface area contributed by atoms with E-state index in [0.29, 0.717) is 18.2 Å². The lowest BCUT2D eigenvalue weighted by Crippen LogP contribution is -2.53. The molecule has 102 valence electrons. The molecule has 3 heteroatoms. The van der Waals surface area contributed by atoms with Crippen LogP contribution in [0.5, 0.6) is 0 Å². The Balaban J connectivity index is 2.32. The molecule has 0 aliphatic heterocycles. The topological polar surface area (TPSA) is 21.7 Å². The van der Waals surface area contributed by atoms with Gasteiger partial charge in [0, 0.05) is 25.7 Å². The van der Waals surface area contributed by atoms with Gasteiger partial charge in [-0.25, -0.2) is 0 Å². The molecule has 1 aliphatic rings. The molecule has 17 heavy (non-hydrogen) atoms. The van der Waals surface area contributed by atoms with E-state index in [0.717, 1.165) is 13.2 Å². The van der Waals surface area contributed by atoms with E-state index in [1.54, 1.807) is 7.11 Å². The van der Waals surface area contributed by atoms with Gasteiger partial charge in [-0.2, -0.15) is 0 Å². The molecule has 0 bridgehead atoms. The Morgan fingerprint density at radius 3 is 2.24 bits per heavy atom. The van der Waals surface area contributed by atoms with E-state index in [-0.39, 0.29) is 5.60 Å². The minimum absolute atomic E-state index is 0.00910. The van der Waals surface area contributed by atoms with Crippen molar-refractivity contribution in [1.29, 1.82) is 0 Å². The van der Waals surface area contributed by atoms with Gasteiger partial charge in [0.05, 0.1) is 18.3 Å². The normalized spacial score (nSPS) is 25.4. The largest absolute Gasteiger partial charge is 0.383 e. The smallest absolute Gasteiger partial charge is 0.0612 e. The van der Waals surface area contributed by atoms with Crippen molar-refractivity contribution in [1.82, 2.24) is 4.90 Å². The average molecular weight is 243 g/mol. The fraction of sp³-hybridized carbons (Fsp3) is 1.00. The lowest BCUT2D eigenvalue weighted by atomic mass is 9.86. The third-order valence-corrected chi connectivity index (χ3v) is 3.28. The summed E-state index contributed by atoms with van der Waals surface area (Å²) in [6.07, 6.45) is 2.78. The number of hydrogen-bond donors (Lipinski definition) is 0. The molecule has 0 radical (unpaired) electrons. The highest BCUT2D eigenvalue weighted by Gasteiger charge is 2.37. The summed E-state index contributed by atoms with van der Waals surface area (Å²) >= 11 is 0. The number of hydrogen-bond acceptors (Lipinski definition) is 3. The summed E-state index contributed by atoms with van der Waals surface area (Å²) in [5.41, 5.74) is -0.00910. The molecule has 0 heterocycles. The minimum Gasteiger partial charge on any atom is -0.383 e. The van der Waals surface area contributed by atoms with Gasteiger partial charge < -0.3 is 9.47 Å². The summed E-state index contributed by atoms with van der Waals surface area (Å²) in [5, 5.41) is 0. The summed E-state index contributed by atoms with van der Waals surface area (Å²) < 4.78 is 11.2. The Hall–Kier alpha value is -0.120. The van der Waals surface area contributed by atoms with Crippen LogP contribution in [0.25, 0.3) is 0 Å². The molecule has 0 aromatic carbocycles. The zero-order chi connectivity index (χ0) is 13.1. The Labute approximate surface area is 106 Å². The molecular formula is C14H29NO2. The Kier molecular flexibility index (Phi) is 5.42. The van der Waals surface area contributed by atoms with Gasteiger partial charge in [0.25, 0.3) is 0 Å². The summed E-state index contributed by atoms with van der Waals surface area (Å²) in [6, 6.07) is 1.27. The fourth-order valence-electron chi connectivity index (χ4n) is 2.46. The van der Waals surface area contributed by atoms with Crippen LogP contribution in [-0.4, -0.2) is 49.0 Å². The lowest BCUT2D eigenvalue weighted by Gasteiger charge is -2.46. The van der Waals surface area contributed by atoms with E-state index in [2.05, 4.69) is 39.5 Å². The van der Waals surface area contributed by atoms with Crippen molar-refractivity contribution in [2.75, 3.05) is 20.3 Å². The van der Waals surface area contributed by atoms with E-state index in [1.165, 1.54) is 12.8 Å². The van der Waals surface area contributed by atoms with Crippen LogP contribution >= 0.6 is 0 Å². The number of rotatable bonds is 6. The second kappa shape index (κ2) is 6.17. The van der Waals surface area contributed by atoms with Gasteiger partial charge in [0.2, 0.25) is 0 Å². The fourth-order valence-corrected chi connectivity index (χ4v) is 2.46. The molecule has 1 aliphatic carbocycles. The van der Waals surface area contributed by atoms with Gasteiger partial charge in [0.15, 0.2) is 0 Å². The van der Waals surface area contributed by atoms with E-state index < -0.39 is 0 Å². The summed E-state index contributed by atoms with van der Waals surface area (Å²) in [5.74, 6) is 0. The number of nitrogens with zero attached hydrogens (tertiary/aromatic N) is 1. The van der Waals surface area contributed by atoms with Crippen molar-refractivity contribution in [3.05, 3.63) is 0 Å². The maximum Gasteiger partial charge on any atom is 0.0612 e. The molecule has 1 rings (SSSR count). The highest BCUT2D eigenvalue weighted by Crippen LogP contribution is 2.32. The van der Waals surface area contributed by atoms with Crippen LogP contribution in [0.15, 0.2) is 0 Å². The predicted molar refractivity (Wildman–Crippen MR) is 71.4 cm³/mol. The Morgan fingerprint density at radius 2 is 1.82 bits per heavy atom. The van der Waals surface area contributed by atoms with E-state index in [9.17, 15) is 0 Å². The quantitative estimate of drug-likeness (QED) is 0.716. The van der Waals surface area contributed by atoms with Crippen LogP contribution in [0, 0.1) is 0 Å². The molecule has 0 amide bonds. The van der Waals surface area contributed by atoms with Crippen molar-refractivity contribution >= 4 is 0 Å². The van der Waals surface area contributed by atoms with Gasteiger partial charge >= 0.3 is 0 Å². The first-order chi connectivity index (χ1) is 7.83.